The summed E-state index contributed by atoms with van der Waals surface area (Å²) < 4.78 is 0. The first-order chi connectivity index (χ1) is 3.81. The van der Waals surface area contributed by atoms with Crippen molar-refractivity contribution in [3.63, 3.8) is 0 Å². The Morgan fingerprint density at radius 2 is 2.12 bits per heavy atom. The topological polar surface area (TPSA) is 26.0 Å². The van der Waals surface area contributed by atoms with E-state index in [0.29, 0.717) is 0 Å². The van der Waals surface area contributed by atoms with Crippen LogP contribution in [0.4, 0.5) is 0 Å². The van der Waals surface area contributed by atoms with Crippen LogP contribution in [0.5, 0.6) is 0 Å². The molecule has 0 aliphatic heterocycles. The third kappa shape index (κ3) is 3.62. The molecule has 0 fully saturated rings. The summed E-state index contributed by atoms with van der Waals surface area (Å²) in [4.78, 5) is 0. The van der Waals surface area contributed by atoms with Gasteiger partial charge in [-0.1, -0.05) is 12.2 Å². The van der Waals surface area contributed by atoms with Crippen molar-refractivity contribution in [2.75, 3.05) is 0 Å². The lowest BCUT2D eigenvalue weighted by Crippen LogP contribution is -2.15. The van der Waals surface area contributed by atoms with Crippen molar-refractivity contribution in [2.24, 2.45) is 5.73 Å². The van der Waals surface area contributed by atoms with E-state index in [2.05, 4.69) is 13.2 Å². The van der Waals surface area contributed by atoms with Gasteiger partial charge in [0.15, 0.2) is 0 Å². The van der Waals surface area contributed by atoms with Crippen molar-refractivity contribution < 1.29 is 0 Å². The Kier molecular flexibility index (Phi) is 4.27. The van der Waals surface area contributed by atoms with Crippen molar-refractivity contribution in [2.45, 2.75) is 18.9 Å². The average molecular weight is 111 g/mol. The lowest BCUT2D eigenvalue weighted by Gasteiger charge is -1.99. The van der Waals surface area contributed by atoms with Crippen LogP contribution in [0, 0.1) is 0 Å². The van der Waals surface area contributed by atoms with Crippen LogP contribution in [0.15, 0.2) is 25.3 Å². The van der Waals surface area contributed by atoms with E-state index in [1.165, 1.54) is 0 Å². The van der Waals surface area contributed by atoms with E-state index in [9.17, 15) is 0 Å². The molecule has 1 nitrogen and oxygen atoms in total. The first-order valence-corrected chi connectivity index (χ1v) is 2.80. The quantitative estimate of drug-likeness (QED) is 0.546. The Morgan fingerprint density at radius 3 is 2.50 bits per heavy atom. The predicted molar refractivity (Wildman–Crippen MR) is 37.6 cm³/mol. The first kappa shape index (κ1) is 7.44. The number of rotatable bonds is 4. The molecule has 1 atom stereocenters. The molecular weight excluding hydrogens is 98.1 g/mol. The zero-order chi connectivity index (χ0) is 6.41. The number of allylic oxidation sites excluding steroid dienone is 1. The van der Waals surface area contributed by atoms with Crippen LogP contribution in [0.3, 0.4) is 0 Å². The van der Waals surface area contributed by atoms with Gasteiger partial charge in [0, 0.05) is 6.04 Å². The lowest BCUT2D eigenvalue weighted by molar-refractivity contribution is 0.736. The Morgan fingerprint density at radius 1 is 1.50 bits per heavy atom. The molecule has 0 aromatic heterocycles. The predicted octanol–water partition coefficient (Wildman–Crippen LogP) is 1.47. The van der Waals surface area contributed by atoms with Crippen LogP contribution in [-0.2, 0) is 0 Å². The number of nitrogens with two attached hydrogens (primary N) is 1. The monoisotopic (exact) mass is 111 g/mol. The fourth-order valence-electron chi connectivity index (χ4n) is 0.428. The zero-order valence-corrected chi connectivity index (χ0v) is 5.14. The van der Waals surface area contributed by atoms with Gasteiger partial charge in [0.1, 0.15) is 0 Å². The molecule has 8 heavy (non-hydrogen) atoms. The summed E-state index contributed by atoms with van der Waals surface area (Å²) in [7, 11) is 0. The minimum Gasteiger partial charge on any atom is -0.324 e. The van der Waals surface area contributed by atoms with Gasteiger partial charge in [0.25, 0.3) is 0 Å². The van der Waals surface area contributed by atoms with Crippen LogP contribution < -0.4 is 5.73 Å². The van der Waals surface area contributed by atoms with Crippen molar-refractivity contribution >= 4 is 0 Å². The molecule has 2 N–H and O–H groups in total. The van der Waals surface area contributed by atoms with E-state index in [4.69, 9.17) is 5.73 Å². The van der Waals surface area contributed by atoms with Crippen LogP contribution in [0.2, 0.25) is 0 Å². The fourth-order valence-corrected chi connectivity index (χ4v) is 0.428. The summed E-state index contributed by atoms with van der Waals surface area (Å²) in [6, 6.07) is 0.146. The maximum atomic E-state index is 5.49. The number of hydrogen-bond donors (Lipinski definition) is 1. The molecular formula is C7H13N. The molecule has 46 valence electrons. The Labute approximate surface area is 50.9 Å². The van der Waals surface area contributed by atoms with Gasteiger partial charge in [-0.3, -0.25) is 0 Å². The highest BCUT2D eigenvalue weighted by Gasteiger charge is 1.90. The molecule has 0 saturated carbocycles. The third-order valence-electron chi connectivity index (χ3n) is 1.01. The summed E-state index contributed by atoms with van der Waals surface area (Å²) >= 11 is 0. The van der Waals surface area contributed by atoms with Crippen LogP contribution in [-0.4, -0.2) is 6.04 Å². The molecule has 0 spiro atoms. The first-order valence-electron chi connectivity index (χ1n) is 2.80. The molecule has 0 saturated heterocycles. The van der Waals surface area contributed by atoms with E-state index >= 15 is 0 Å². The summed E-state index contributed by atoms with van der Waals surface area (Å²) in [5.41, 5.74) is 5.49. The largest absolute Gasteiger partial charge is 0.324 e. The van der Waals surface area contributed by atoms with Gasteiger partial charge in [0.2, 0.25) is 0 Å². The Bertz CT molecular complexity index is 76.5. The van der Waals surface area contributed by atoms with E-state index in [-0.39, 0.29) is 6.04 Å². The SMILES string of the molecule is C=CCCC(N)C=C. The van der Waals surface area contributed by atoms with Crippen molar-refractivity contribution in [1.82, 2.24) is 0 Å². The standard InChI is InChI=1S/C7H13N/c1-3-5-6-7(8)4-2/h3-4,7H,1-2,5-6,8H2. The number of hydrogen-bond acceptors (Lipinski definition) is 1. The smallest absolute Gasteiger partial charge is 0.0224 e. The van der Waals surface area contributed by atoms with Crippen LogP contribution in [0.25, 0.3) is 0 Å². The zero-order valence-electron chi connectivity index (χ0n) is 5.14. The average Bonchev–Trinajstić information content (AvgIpc) is 1.83. The molecule has 0 aromatic rings. The highest BCUT2D eigenvalue weighted by atomic mass is 14.6. The lowest BCUT2D eigenvalue weighted by atomic mass is 10.2. The molecule has 0 rings (SSSR count). The molecule has 1 unspecified atom stereocenters. The van der Waals surface area contributed by atoms with E-state index < -0.39 is 0 Å². The summed E-state index contributed by atoms with van der Waals surface area (Å²) in [6.07, 6.45) is 5.56. The summed E-state index contributed by atoms with van der Waals surface area (Å²) in [6.45, 7) is 7.13. The Hall–Kier alpha value is -0.560. The van der Waals surface area contributed by atoms with Crippen molar-refractivity contribution in [3.05, 3.63) is 25.3 Å². The maximum Gasteiger partial charge on any atom is 0.0224 e. The molecule has 0 aliphatic rings. The maximum absolute atomic E-state index is 5.49. The molecule has 0 aliphatic carbocycles. The van der Waals surface area contributed by atoms with Gasteiger partial charge in [-0.2, -0.15) is 0 Å². The molecule has 0 bridgehead atoms. The summed E-state index contributed by atoms with van der Waals surface area (Å²) in [5, 5.41) is 0. The van der Waals surface area contributed by atoms with Crippen molar-refractivity contribution in [1.29, 1.82) is 0 Å². The highest BCUT2D eigenvalue weighted by Crippen LogP contribution is 1.93. The second kappa shape index (κ2) is 4.60. The molecule has 1 heteroatoms. The molecule has 0 amide bonds. The highest BCUT2D eigenvalue weighted by molar-refractivity contribution is 4.84. The third-order valence-corrected chi connectivity index (χ3v) is 1.01. The van der Waals surface area contributed by atoms with E-state index in [1.807, 2.05) is 6.08 Å². The fraction of sp³-hybridized carbons (Fsp3) is 0.429. The van der Waals surface area contributed by atoms with Gasteiger partial charge in [-0.25, -0.2) is 0 Å². The molecule has 0 radical (unpaired) electrons. The van der Waals surface area contributed by atoms with Gasteiger partial charge in [0.05, 0.1) is 0 Å². The van der Waals surface area contributed by atoms with E-state index in [1.54, 1.807) is 6.08 Å². The van der Waals surface area contributed by atoms with Gasteiger partial charge in [-0.05, 0) is 12.8 Å². The second-order valence-electron chi connectivity index (χ2n) is 1.77. The normalized spacial score (nSPS) is 12.6. The van der Waals surface area contributed by atoms with Crippen molar-refractivity contribution in [3.8, 4) is 0 Å². The second-order valence-corrected chi connectivity index (χ2v) is 1.77. The minimum absolute atomic E-state index is 0.146. The molecule has 0 heterocycles. The molecule has 0 aromatic carbocycles. The van der Waals surface area contributed by atoms with E-state index in [0.717, 1.165) is 12.8 Å². The van der Waals surface area contributed by atoms with Crippen LogP contribution in [0.1, 0.15) is 12.8 Å². The van der Waals surface area contributed by atoms with Crippen LogP contribution >= 0.6 is 0 Å². The minimum atomic E-state index is 0.146. The van der Waals surface area contributed by atoms with Gasteiger partial charge in [-0.15, -0.1) is 13.2 Å². The Balaban J connectivity index is 3.09. The van der Waals surface area contributed by atoms with Gasteiger partial charge < -0.3 is 5.73 Å². The summed E-state index contributed by atoms with van der Waals surface area (Å²) in [5.74, 6) is 0. The van der Waals surface area contributed by atoms with Gasteiger partial charge >= 0.3 is 0 Å².